The monoisotopic (exact) mass is 361 g/mol. The van der Waals surface area contributed by atoms with Crippen LogP contribution in [0.25, 0.3) is 0 Å². The number of anilines is 1. The van der Waals surface area contributed by atoms with Gasteiger partial charge in [-0.15, -0.1) is 0 Å². The SMILES string of the molecule is COc1ccc(C2COc3cc(O)ccc3C2c2ccc(N)cc2)cc1C. The van der Waals surface area contributed by atoms with Crippen molar-refractivity contribution in [2.45, 2.75) is 18.8 Å². The van der Waals surface area contributed by atoms with Gasteiger partial charge in [-0.25, -0.2) is 0 Å². The number of rotatable bonds is 3. The number of hydrogen-bond acceptors (Lipinski definition) is 4. The van der Waals surface area contributed by atoms with Crippen molar-refractivity contribution in [2.75, 3.05) is 19.5 Å². The van der Waals surface area contributed by atoms with Crippen LogP contribution in [-0.2, 0) is 0 Å². The third kappa shape index (κ3) is 3.19. The van der Waals surface area contributed by atoms with Crippen LogP contribution in [0.3, 0.4) is 0 Å². The zero-order valence-electron chi connectivity index (χ0n) is 15.5. The van der Waals surface area contributed by atoms with Gasteiger partial charge in [-0.05, 0) is 47.9 Å². The highest BCUT2D eigenvalue weighted by atomic mass is 16.5. The first-order chi connectivity index (χ1) is 13.1. The second-order valence-corrected chi connectivity index (χ2v) is 7.01. The highest BCUT2D eigenvalue weighted by Crippen LogP contribution is 2.47. The Morgan fingerprint density at radius 2 is 1.74 bits per heavy atom. The molecule has 3 aromatic carbocycles. The van der Waals surface area contributed by atoms with E-state index in [1.54, 1.807) is 19.2 Å². The lowest BCUT2D eigenvalue weighted by Gasteiger charge is -2.35. The van der Waals surface area contributed by atoms with Gasteiger partial charge in [-0.1, -0.05) is 30.3 Å². The number of aryl methyl sites for hydroxylation is 1. The Bertz CT molecular complexity index is 966. The number of benzene rings is 3. The summed E-state index contributed by atoms with van der Waals surface area (Å²) in [6.07, 6.45) is 0. The number of nitrogens with two attached hydrogens (primary N) is 1. The average Bonchev–Trinajstić information content (AvgIpc) is 2.67. The zero-order chi connectivity index (χ0) is 19.0. The lowest BCUT2D eigenvalue weighted by atomic mass is 9.75. The lowest BCUT2D eigenvalue weighted by Crippen LogP contribution is -2.25. The minimum absolute atomic E-state index is 0.114. The van der Waals surface area contributed by atoms with Gasteiger partial charge in [0, 0.05) is 29.2 Å². The van der Waals surface area contributed by atoms with Gasteiger partial charge in [0.2, 0.25) is 0 Å². The summed E-state index contributed by atoms with van der Waals surface area (Å²) in [5, 5.41) is 9.85. The van der Waals surface area contributed by atoms with Crippen molar-refractivity contribution in [3.63, 3.8) is 0 Å². The highest BCUT2D eigenvalue weighted by Gasteiger charge is 2.33. The molecule has 0 fully saturated rings. The molecule has 2 atom stereocenters. The molecule has 0 aromatic heterocycles. The van der Waals surface area contributed by atoms with Crippen molar-refractivity contribution < 1.29 is 14.6 Å². The first kappa shape index (κ1) is 17.3. The molecule has 138 valence electrons. The van der Waals surface area contributed by atoms with Crippen LogP contribution in [0.1, 0.15) is 34.1 Å². The van der Waals surface area contributed by atoms with Crippen molar-refractivity contribution in [3.8, 4) is 17.2 Å². The van der Waals surface area contributed by atoms with Gasteiger partial charge in [0.05, 0.1) is 13.7 Å². The summed E-state index contributed by atoms with van der Waals surface area (Å²) in [6, 6.07) is 19.7. The van der Waals surface area contributed by atoms with E-state index in [-0.39, 0.29) is 17.6 Å². The molecule has 3 aromatic rings. The van der Waals surface area contributed by atoms with Crippen LogP contribution in [0.15, 0.2) is 60.7 Å². The van der Waals surface area contributed by atoms with Crippen LogP contribution in [0.4, 0.5) is 5.69 Å². The second-order valence-electron chi connectivity index (χ2n) is 7.01. The van der Waals surface area contributed by atoms with Crippen LogP contribution in [0, 0.1) is 6.92 Å². The molecule has 0 bridgehead atoms. The summed E-state index contributed by atoms with van der Waals surface area (Å²) < 4.78 is 11.4. The molecule has 0 saturated carbocycles. The maximum atomic E-state index is 9.85. The number of ether oxygens (including phenoxy) is 2. The molecule has 0 radical (unpaired) electrons. The number of fused-ring (bicyclic) bond motifs is 1. The van der Waals surface area contributed by atoms with Crippen molar-refractivity contribution >= 4 is 5.69 Å². The van der Waals surface area contributed by atoms with E-state index < -0.39 is 0 Å². The summed E-state index contributed by atoms with van der Waals surface area (Å²) >= 11 is 0. The molecule has 4 nitrogen and oxygen atoms in total. The predicted molar refractivity (Wildman–Crippen MR) is 107 cm³/mol. The quantitative estimate of drug-likeness (QED) is 0.669. The van der Waals surface area contributed by atoms with E-state index in [0.29, 0.717) is 6.61 Å². The Hall–Kier alpha value is -3.14. The maximum absolute atomic E-state index is 9.85. The number of phenols is 1. The molecule has 0 amide bonds. The topological polar surface area (TPSA) is 64.7 Å². The molecule has 2 unspecified atom stereocenters. The second kappa shape index (κ2) is 6.88. The first-order valence-corrected chi connectivity index (χ1v) is 9.02. The maximum Gasteiger partial charge on any atom is 0.126 e. The molecule has 0 aliphatic carbocycles. The van der Waals surface area contributed by atoms with Crippen LogP contribution in [0.5, 0.6) is 17.2 Å². The van der Waals surface area contributed by atoms with E-state index >= 15 is 0 Å². The molecule has 1 aliphatic rings. The van der Waals surface area contributed by atoms with Gasteiger partial charge >= 0.3 is 0 Å². The standard InChI is InChI=1S/C23H23NO3/c1-14-11-16(5-10-21(14)26-2)20-13-27-22-12-18(25)8-9-19(22)23(20)15-3-6-17(24)7-4-15/h3-12,20,23,25H,13,24H2,1-2H3. The molecule has 4 heteroatoms. The molecule has 4 rings (SSSR count). The highest BCUT2D eigenvalue weighted by molar-refractivity contribution is 5.52. The van der Waals surface area contributed by atoms with Crippen LogP contribution in [0.2, 0.25) is 0 Å². The molecular weight excluding hydrogens is 338 g/mol. The van der Waals surface area contributed by atoms with Gasteiger partial charge in [0.25, 0.3) is 0 Å². The summed E-state index contributed by atoms with van der Waals surface area (Å²) in [6.45, 7) is 2.59. The fourth-order valence-corrected chi connectivity index (χ4v) is 3.93. The van der Waals surface area contributed by atoms with E-state index in [1.807, 2.05) is 24.3 Å². The Kier molecular flexibility index (Phi) is 4.40. The average molecular weight is 361 g/mol. The summed E-state index contributed by atoms with van der Waals surface area (Å²) in [7, 11) is 1.69. The molecule has 1 aliphatic heterocycles. The molecule has 1 heterocycles. The third-order valence-electron chi connectivity index (χ3n) is 5.30. The van der Waals surface area contributed by atoms with Gasteiger partial charge < -0.3 is 20.3 Å². The van der Waals surface area contributed by atoms with Gasteiger partial charge in [-0.2, -0.15) is 0 Å². The van der Waals surface area contributed by atoms with E-state index in [4.69, 9.17) is 15.2 Å². The summed E-state index contributed by atoms with van der Waals surface area (Å²) in [4.78, 5) is 0. The minimum atomic E-state index is 0.114. The van der Waals surface area contributed by atoms with Crippen molar-refractivity contribution in [3.05, 3.63) is 82.9 Å². The Labute approximate surface area is 159 Å². The number of phenolic OH excluding ortho intramolecular Hbond substituents is 1. The van der Waals surface area contributed by atoms with Crippen LogP contribution in [-0.4, -0.2) is 18.8 Å². The Morgan fingerprint density at radius 3 is 2.44 bits per heavy atom. The van der Waals surface area contributed by atoms with Gasteiger partial charge in [0.15, 0.2) is 0 Å². The lowest BCUT2D eigenvalue weighted by molar-refractivity contribution is 0.247. The van der Waals surface area contributed by atoms with E-state index in [0.717, 1.165) is 28.3 Å². The third-order valence-corrected chi connectivity index (χ3v) is 5.30. The number of methoxy groups -OCH3 is 1. The molecular formula is C23H23NO3. The first-order valence-electron chi connectivity index (χ1n) is 9.02. The van der Waals surface area contributed by atoms with Crippen molar-refractivity contribution in [2.24, 2.45) is 0 Å². The minimum Gasteiger partial charge on any atom is -0.508 e. The molecule has 0 saturated heterocycles. The largest absolute Gasteiger partial charge is 0.508 e. The van der Waals surface area contributed by atoms with Crippen LogP contribution >= 0.6 is 0 Å². The fourth-order valence-electron chi connectivity index (χ4n) is 3.93. The molecule has 3 N–H and O–H groups in total. The van der Waals surface area contributed by atoms with Crippen molar-refractivity contribution in [1.82, 2.24) is 0 Å². The van der Waals surface area contributed by atoms with E-state index in [2.05, 4.69) is 31.2 Å². The van der Waals surface area contributed by atoms with Crippen LogP contribution < -0.4 is 15.2 Å². The number of nitrogen functional groups attached to an aromatic ring is 1. The van der Waals surface area contributed by atoms with Crippen molar-refractivity contribution in [1.29, 1.82) is 0 Å². The smallest absolute Gasteiger partial charge is 0.126 e. The number of hydrogen-bond donors (Lipinski definition) is 2. The molecule has 0 spiro atoms. The normalized spacial score (nSPS) is 18.4. The predicted octanol–water partition coefficient (Wildman–Crippen LogP) is 4.60. The number of aromatic hydroxyl groups is 1. The van der Waals surface area contributed by atoms with E-state index in [1.165, 1.54) is 11.1 Å². The van der Waals surface area contributed by atoms with E-state index in [9.17, 15) is 5.11 Å². The Morgan fingerprint density at radius 1 is 1.00 bits per heavy atom. The fraction of sp³-hybridized carbons (Fsp3) is 0.217. The van der Waals surface area contributed by atoms with Gasteiger partial charge in [-0.3, -0.25) is 0 Å². The zero-order valence-corrected chi connectivity index (χ0v) is 15.5. The Balaban J connectivity index is 1.83. The summed E-state index contributed by atoms with van der Waals surface area (Å²) in [5.41, 5.74) is 11.2. The molecule has 27 heavy (non-hydrogen) atoms. The van der Waals surface area contributed by atoms with Gasteiger partial charge in [0.1, 0.15) is 17.2 Å². The summed E-state index contributed by atoms with van der Waals surface area (Å²) in [5.74, 6) is 2.09.